The Hall–Kier alpha value is -1.33. The Kier molecular flexibility index (Phi) is 4.38. The molecular weight excluding hydrogens is 294 g/mol. The Balaban J connectivity index is 2.29. The fourth-order valence-corrected chi connectivity index (χ4v) is 2.19. The van der Waals surface area contributed by atoms with Crippen molar-refractivity contribution in [2.45, 2.75) is 12.8 Å². The number of aliphatic hydroxyl groups excluding tert-OH is 1. The van der Waals surface area contributed by atoms with Crippen LogP contribution in [0.15, 0.2) is 28.9 Å². The second kappa shape index (κ2) is 6.02. The number of pyridine rings is 1. The minimum Gasteiger partial charge on any atom is -0.396 e. The maximum atomic E-state index is 8.76. The van der Waals surface area contributed by atoms with Gasteiger partial charge in [0.2, 0.25) is 0 Å². The number of rotatable bonds is 5. The van der Waals surface area contributed by atoms with Gasteiger partial charge in [-0.2, -0.15) is 0 Å². The first-order chi connectivity index (χ1) is 8.72. The van der Waals surface area contributed by atoms with Crippen LogP contribution < -0.4 is 11.1 Å². The van der Waals surface area contributed by atoms with Gasteiger partial charge in [-0.25, -0.2) is 0 Å². The van der Waals surface area contributed by atoms with Crippen LogP contribution in [0.5, 0.6) is 0 Å². The summed E-state index contributed by atoms with van der Waals surface area (Å²) < 4.78 is 1.00. The van der Waals surface area contributed by atoms with Crippen LogP contribution in [0.3, 0.4) is 0 Å². The van der Waals surface area contributed by atoms with Gasteiger partial charge in [-0.3, -0.25) is 4.98 Å². The summed E-state index contributed by atoms with van der Waals surface area (Å²) in [5.41, 5.74) is 8.43. The molecule has 0 aliphatic carbocycles. The van der Waals surface area contributed by atoms with E-state index in [-0.39, 0.29) is 6.61 Å². The largest absolute Gasteiger partial charge is 0.396 e. The minimum atomic E-state index is 0.222. The number of nitrogen functional groups attached to an aromatic ring is 1. The number of aromatic nitrogens is 1. The highest BCUT2D eigenvalue weighted by molar-refractivity contribution is 9.10. The Morgan fingerprint density at radius 1 is 1.33 bits per heavy atom. The lowest BCUT2D eigenvalue weighted by Gasteiger charge is -2.12. The number of nitrogens with two attached hydrogens (primary N) is 1. The molecule has 0 amide bonds. The smallest absolute Gasteiger partial charge is 0.0743 e. The second-order valence-electron chi connectivity index (χ2n) is 4.11. The molecule has 96 valence electrons. The Labute approximate surface area is 114 Å². The molecule has 4 N–H and O–H groups in total. The number of fused-ring (bicyclic) bond motifs is 1. The number of benzene rings is 1. The summed E-state index contributed by atoms with van der Waals surface area (Å²) in [5, 5.41) is 13.1. The van der Waals surface area contributed by atoms with Crippen LogP contribution in [-0.4, -0.2) is 23.2 Å². The SMILES string of the molecule is Nc1cnc2ccc(Br)cc2c1NCCCCO. The second-order valence-corrected chi connectivity index (χ2v) is 5.02. The van der Waals surface area contributed by atoms with Crippen molar-refractivity contribution in [2.75, 3.05) is 24.2 Å². The first kappa shape index (κ1) is 13.1. The van der Waals surface area contributed by atoms with Gasteiger partial charge >= 0.3 is 0 Å². The third-order valence-electron chi connectivity index (χ3n) is 2.75. The fraction of sp³-hybridized carbons (Fsp3) is 0.308. The summed E-state index contributed by atoms with van der Waals surface area (Å²) in [6.45, 7) is 1.01. The van der Waals surface area contributed by atoms with Gasteiger partial charge in [0.1, 0.15) is 0 Å². The molecule has 4 nitrogen and oxygen atoms in total. The van der Waals surface area contributed by atoms with Crippen molar-refractivity contribution < 1.29 is 5.11 Å². The molecule has 1 aromatic carbocycles. The van der Waals surface area contributed by atoms with Crippen LogP contribution in [-0.2, 0) is 0 Å². The van der Waals surface area contributed by atoms with E-state index in [4.69, 9.17) is 10.8 Å². The Morgan fingerprint density at radius 2 is 2.17 bits per heavy atom. The molecule has 0 unspecified atom stereocenters. The van der Waals surface area contributed by atoms with Crippen molar-refractivity contribution >= 4 is 38.2 Å². The normalized spacial score (nSPS) is 10.8. The van der Waals surface area contributed by atoms with Gasteiger partial charge in [-0.15, -0.1) is 0 Å². The van der Waals surface area contributed by atoms with Crippen LogP contribution in [0, 0.1) is 0 Å². The molecule has 0 atom stereocenters. The first-order valence-electron chi connectivity index (χ1n) is 5.91. The molecule has 1 aromatic heterocycles. The average molecular weight is 310 g/mol. The molecule has 0 fully saturated rings. The van der Waals surface area contributed by atoms with E-state index in [0.29, 0.717) is 5.69 Å². The number of nitrogens with one attached hydrogen (secondary N) is 1. The summed E-state index contributed by atoms with van der Waals surface area (Å²) in [4.78, 5) is 4.30. The van der Waals surface area contributed by atoms with Crippen molar-refractivity contribution in [3.05, 3.63) is 28.9 Å². The summed E-state index contributed by atoms with van der Waals surface area (Å²) >= 11 is 3.45. The lowest BCUT2D eigenvalue weighted by atomic mass is 10.1. The molecule has 0 aliphatic rings. The van der Waals surface area contributed by atoms with Gasteiger partial charge in [0.25, 0.3) is 0 Å². The maximum absolute atomic E-state index is 8.76. The fourth-order valence-electron chi connectivity index (χ4n) is 1.83. The topological polar surface area (TPSA) is 71.2 Å². The molecule has 0 bridgehead atoms. The van der Waals surface area contributed by atoms with Gasteiger partial charge in [0, 0.05) is 23.0 Å². The van der Waals surface area contributed by atoms with Crippen LogP contribution >= 0.6 is 15.9 Å². The zero-order chi connectivity index (χ0) is 13.0. The van der Waals surface area contributed by atoms with E-state index >= 15 is 0 Å². The van der Waals surface area contributed by atoms with E-state index in [1.807, 2.05) is 18.2 Å². The van der Waals surface area contributed by atoms with E-state index < -0.39 is 0 Å². The summed E-state index contributed by atoms with van der Waals surface area (Å²) in [6.07, 6.45) is 3.37. The van der Waals surface area contributed by atoms with Gasteiger partial charge in [0.15, 0.2) is 0 Å². The standard InChI is InChI=1S/C13H16BrN3O/c14-9-3-4-12-10(7-9)13(11(15)8-17-12)16-5-1-2-6-18/h3-4,7-8,18H,1-2,5-6,15H2,(H,16,17). The predicted octanol–water partition coefficient (Wildman–Crippen LogP) is 2.76. The number of aliphatic hydroxyl groups is 1. The maximum Gasteiger partial charge on any atom is 0.0743 e. The van der Waals surface area contributed by atoms with E-state index in [1.54, 1.807) is 6.20 Å². The molecule has 0 spiro atoms. The molecule has 0 radical (unpaired) electrons. The molecule has 0 aliphatic heterocycles. The lowest BCUT2D eigenvalue weighted by molar-refractivity contribution is 0.286. The van der Waals surface area contributed by atoms with E-state index in [0.717, 1.165) is 40.4 Å². The van der Waals surface area contributed by atoms with Gasteiger partial charge < -0.3 is 16.2 Å². The number of nitrogens with zero attached hydrogens (tertiary/aromatic N) is 1. The summed E-state index contributed by atoms with van der Waals surface area (Å²) in [6, 6.07) is 5.92. The van der Waals surface area contributed by atoms with E-state index in [9.17, 15) is 0 Å². The lowest BCUT2D eigenvalue weighted by Crippen LogP contribution is -2.06. The summed E-state index contributed by atoms with van der Waals surface area (Å²) in [7, 11) is 0. The number of anilines is 2. The van der Waals surface area contributed by atoms with Crippen LogP contribution in [0.25, 0.3) is 10.9 Å². The minimum absolute atomic E-state index is 0.222. The highest BCUT2D eigenvalue weighted by Crippen LogP contribution is 2.29. The monoisotopic (exact) mass is 309 g/mol. The molecule has 2 rings (SSSR count). The number of hydrogen-bond donors (Lipinski definition) is 3. The highest BCUT2D eigenvalue weighted by atomic mass is 79.9. The number of unbranched alkanes of at least 4 members (excludes halogenated alkanes) is 1. The first-order valence-corrected chi connectivity index (χ1v) is 6.70. The molecule has 0 saturated heterocycles. The van der Waals surface area contributed by atoms with Crippen molar-refractivity contribution in [1.82, 2.24) is 4.98 Å². The van der Waals surface area contributed by atoms with Crippen molar-refractivity contribution in [1.29, 1.82) is 0 Å². The van der Waals surface area contributed by atoms with Gasteiger partial charge in [-0.1, -0.05) is 15.9 Å². The molecule has 5 heteroatoms. The summed E-state index contributed by atoms with van der Waals surface area (Å²) in [5.74, 6) is 0. The predicted molar refractivity (Wildman–Crippen MR) is 78.7 cm³/mol. The van der Waals surface area contributed by atoms with E-state index in [2.05, 4.69) is 26.2 Å². The molecule has 1 heterocycles. The number of hydrogen-bond acceptors (Lipinski definition) is 4. The number of halogens is 1. The third kappa shape index (κ3) is 2.91. The van der Waals surface area contributed by atoms with E-state index in [1.165, 1.54) is 0 Å². The van der Waals surface area contributed by atoms with Crippen LogP contribution in [0.4, 0.5) is 11.4 Å². The van der Waals surface area contributed by atoms with Crippen molar-refractivity contribution in [3.8, 4) is 0 Å². The zero-order valence-electron chi connectivity index (χ0n) is 9.99. The van der Waals surface area contributed by atoms with Crippen molar-refractivity contribution in [3.63, 3.8) is 0 Å². The average Bonchev–Trinajstić information content (AvgIpc) is 2.36. The van der Waals surface area contributed by atoms with Crippen LogP contribution in [0.1, 0.15) is 12.8 Å². The quantitative estimate of drug-likeness (QED) is 0.743. The molecule has 18 heavy (non-hydrogen) atoms. The Morgan fingerprint density at radius 3 is 2.94 bits per heavy atom. The molecular formula is C13H16BrN3O. The third-order valence-corrected chi connectivity index (χ3v) is 3.24. The molecule has 2 aromatic rings. The molecule has 0 saturated carbocycles. The van der Waals surface area contributed by atoms with Gasteiger partial charge in [0.05, 0.1) is 23.1 Å². The van der Waals surface area contributed by atoms with Crippen molar-refractivity contribution in [2.24, 2.45) is 0 Å². The van der Waals surface area contributed by atoms with Gasteiger partial charge in [-0.05, 0) is 31.0 Å². The van der Waals surface area contributed by atoms with Crippen LogP contribution in [0.2, 0.25) is 0 Å². The highest BCUT2D eigenvalue weighted by Gasteiger charge is 2.06. The Bertz CT molecular complexity index is 540. The zero-order valence-corrected chi connectivity index (χ0v) is 11.6.